The number of carbonyl (C=O) groups is 1. The molecule has 1 amide bonds. The van der Waals surface area contributed by atoms with Crippen LogP contribution in [0.4, 0.5) is 0 Å². The summed E-state index contributed by atoms with van der Waals surface area (Å²) in [5.74, 6) is 2.03. The normalized spacial score (nSPS) is 44.7. The number of rotatable bonds is 3. The minimum absolute atomic E-state index is 0.209. The van der Waals surface area contributed by atoms with E-state index in [4.69, 9.17) is 0 Å². The van der Waals surface area contributed by atoms with E-state index in [2.05, 4.69) is 54.3 Å². The van der Waals surface area contributed by atoms with Crippen molar-refractivity contribution >= 4 is 21.8 Å². The SMILES string of the molecule is CC1(C)CC(NC(=O)CC23C[C@@H]4C[C@@H](CC(Br)(C4)C2)C3)CC(C)(C)[NH2+]1. The number of carbonyl (C=O) groups excluding carboxylic acids is 1. The van der Waals surface area contributed by atoms with E-state index in [9.17, 15) is 4.79 Å². The van der Waals surface area contributed by atoms with Crippen molar-refractivity contribution in [3.8, 4) is 0 Å². The summed E-state index contributed by atoms with van der Waals surface area (Å²) in [7, 11) is 0. The van der Waals surface area contributed by atoms with E-state index in [1.165, 1.54) is 38.5 Å². The van der Waals surface area contributed by atoms with Crippen molar-refractivity contribution in [3.05, 3.63) is 0 Å². The molecule has 1 saturated heterocycles. The van der Waals surface area contributed by atoms with E-state index in [0.717, 1.165) is 31.1 Å². The molecule has 1 heterocycles. The smallest absolute Gasteiger partial charge is 0.220 e. The monoisotopic (exact) mass is 411 g/mol. The number of hydrogen-bond acceptors (Lipinski definition) is 1. The average molecular weight is 412 g/mol. The van der Waals surface area contributed by atoms with E-state index in [0.29, 0.717) is 16.3 Å². The molecule has 0 spiro atoms. The maximum atomic E-state index is 13.0. The first kappa shape index (κ1) is 18.3. The molecule has 4 atom stereocenters. The van der Waals surface area contributed by atoms with Crippen LogP contribution in [0.3, 0.4) is 0 Å². The molecular weight excluding hydrogens is 376 g/mol. The fourth-order valence-electron chi connectivity index (χ4n) is 7.78. The van der Waals surface area contributed by atoms with Crippen molar-refractivity contribution < 1.29 is 10.1 Å². The van der Waals surface area contributed by atoms with Gasteiger partial charge in [-0.15, -0.1) is 0 Å². The van der Waals surface area contributed by atoms with Gasteiger partial charge in [0.2, 0.25) is 5.91 Å². The molecule has 1 aliphatic heterocycles. The van der Waals surface area contributed by atoms with E-state index < -0.39 is 0 Å². The van der Waals surface area contributed by atoms with Gasteiger partial charge in [0, 0.05) is 29.6 Å². The van der Waals surface area contributed by atoms with Crippen LogP contribution in [-0.2, 0) is 4.79 Å². The Balaban J connectivity index is 1.41. The molecule has 5 rings (SSSR count). The highest BCUT2D eigenvalue weighted by Gasteiger charge is 2.57. The van der Waals surface area contributed by atoms with Crippen LogP contribution in [0.25, 0.3) is 0 Å². The molecule has 5 fully saturated rings. The third-order valence-electron chi connectivity index (χ3n) is 7.34. The Bertz CT molecular complexity index is 540. The molecule has 4 aliphatic carbocycles. The Kier molecular flexibility index (Phi) is 4.17. The predicted molar refractivity (Wildman–Crippen MR) is 105 cm³/mol. The first-order chi connectivity index (χ1) is 11.5. The zero-order valence-corrected chi connectivity index (χ0v) is 18.0. The summed E-state index contributed by atoms with van der Waals surface area (Å²) in [4.78, 5) is 13.0. The van der Waals surface area contributed by atoms with Crippen LogP contribution in [0.2, 0.25) is 0 Å². The lowest BCUT2D eigenvalue weighted by Gasteiger charge is -2.60. The van der Waals surface area contributed by atoms with Gasteiger partial charge in [-0.2, -0.15) is 0 Å². The summed E-state index contributed by atoms with van der Waals surface area (Å²) in [5.41, 5.74) is 0.699. The number of alkyl halides is 1. The molecule has 25 heavy (non-hydrogen) atoms. The van der Waals surface area contributed by atoms with Gasteiger partial charge in [-0.05, 0) is 83.5 Å². The standard InChI is InChI=1S/C21H35BrN2O/c1-18(2)10-16(11-19(3,4)24-18)23-17(25)12-20-6-14-5-15(7-20)9-21(22,8-14)13-20/h14-16,24H,5-13H2,1-4H3,(H,23,25)/p+1/t14-,15+,20?,21?. The average Bonchev–Trinajstić information content (AvgIpc) is 2.29. The molecule has 3 N–H and O–H groups in total. The second-order valence-electron chi connectivity index (χ2n) is 11.6. The number of piperidine rings is 1. The Morgan fingerprint density at radius 1 is 1.00 bits per heavy atom. The minimum Gasteiger partial charge on any atom is -0.353 e. The molecule has 0 aromatic carbocycles. The molecule has 3 nitrogen and oxygen atoms in total. The van der Waals surface area contributed by atoms with Crippen molar-refractivity contribution in [2.45, 2.75) is 107 Å². The van der Waals surface area contributed by atoms with Gasteiger partial charge in [-0.1, -0.05) is 15.9 Å². The largest absolute Gasteiger partial charge is 0.353 e. The van der Waals surface area contributed by atoms with Crippen LogP contribution < -0.4 is 10.6 Å². The molecule has 0 radical (unpaired) electrons. The van der Waals surface area contributed by atoms with Crippen LogP contribution in [-0.4, -0.2) is 27.4 Å². The first-order valence-electron chi connectivity index (χ1n) is 10.3. The minimum atomic E-state index is 0.209. The second-order valence-corrected chi connectivity index (χ2v) is 13.3. The lowest BCUT2D eigenvalue weighted by molar-refractivity contribution is -0.787. The van der Waals surface area contributed by atoms with Crippen molar-refractivity contribution in [2.24, 2.45) is 17.3 Å². The highest BCUT2D eigenvalue weighted by molar-refractivity contribution is 9.10. The van der Waals surface area contributed by atoms with Crippen molar-refractivity contribution in [1.29, 1.82) is 0 Å². The maximum absolute atomic E-state index is 13.0. The van der Waals surface area contributed by atoms with Crippen LogP contribution in [0.1, 0.15) is 85.5 Å². The van der Waals surface area contributed by atoms with E-state index in [-0.39, 0.29) is 16.5 Å². The molecule has 142 valence electrons. The number of hydrogen-bond donors (Lipinski definition) is 2. The fraction of sp³-hybridized carbons (Fsp3) is 0.952. The summed E-state index contributed by atoms with van der Waals surface area (Å²) in [6, 6.07) is 0.328. The van der Waals surface area contributed by atoms with Crippen LogP contribution >= 0.6 is 15.9 Å². The Labute approximate surface area is 161 Å². The summed E-state index contributed by atoms with van der Waals surface area (Å²) in [5, 5.41) is 5.93. The van der Waals surface area contributed by atoms with E-state index in [1.807, 2.05) is 0 Å². The fourth-order valence-corrected chi connectivity index (χ4v) is 9.29. The van der Waals surface area contributed by atoms with Crippen molar-refractivity contribution in [1.82, 2.24) is 5.32 Å². The Morgan fingerprint density at radius 3 is 2.08 bits per heavy atom. The third-order valence-corrected chi connectivity index (χ3v) is 8.27. The molecule has 4 bridgehead atoms. The van der Waals surface area contributed by atoms with Crippen LogP contribution in [0.15, 0.2) is 0 Å². The molecule has 0 aromatic rings. The number of nitrogens with one attached hydrogen (secondary N) is 1. The maximum Gasteiger partial charge on any atom is 0.220 e. The predicted octanol–water partition coefficient (Wildman–Crippen LogP) is 3.51. The lowest BCUT2D eigenvalue weighted by Crippen LogP contribution is -3.06. The quantitative estimate of drug-likeness (QED) is 0.685. The Hall–Kier alpha value is -0.0900. The number of quaternary nitrogens is 1. The number of nitrogens with two attached hydrogens (primary N) is 1. The van der Waals surface area contributed by atoms with Crippen molar-refractivity contribution in [3.63, 3.8) is 0 Å². The summed E-state index contributed by atoms with van der Waals surface area (Å²) >= 11 is 4.07. The molecular formula is C21H36BrN2O+. The van der Waals surface area contributed by atoms with Gasteiger partial charge in [0.1, 0.15) is 0 Å². The van der Waals surface area contributed by atoms with Gasteiger partial charge < -0.3 is 10.6 Å². The highest BCUT2D eigenvalue weighted by atomic mass is 79.9. The molecule has 5 aliphatic rings. The highest BCUT2D eigenvalue weighted by Crippen LogP contribution is 2.65. The second kappa shape index (κ2) is 5.70. The summed E-state index contributed by atoms with van der Waals surface area (Å²) in [6.45, 7) is 9.23. The van der Waals surface area contributed by atoms with E-state index >= 15 is 0 Å². The van der Waals surface area contributed by atoms with Gasteiger partial charge in [-0.25, -0.2) is 0 Å². The summed E-state index contributed by atoms with van der Waals surface area (Å²) < 4.78 is 0.348. The van der Waals surface area contributed by atoms with Crippen molar-refractivity contribution in [2.75, 3.05) is 0 Å². The van der Waals surface area contributed by atoms with Gasteiger partial charge in [0.25, 0.3) is 0 Å². The molecule has 0 aromatic heterocycles. The lowest BCUT2D eigenvalue weighted by atomic mass is 9.48. The topological polar surface area (TPSA) is 45.7 Å². The third kappa shape index (κ3) is 3.81. The first-order valence-corrected chi connectivity index (χ1v) is 11.1. The zero-order valence-electron chi connectivity index (χ0n) is 16.5. The van der Waals surface area contributed by atoms with Gasteiger partial charge in [0.05, 0.1) is 11.1 Å². The van der Waals surface area contributed by atoms with Gasteiger partial charge in [0.15, 0.2) is 0 Å². The zero-order chi connectivity index (χ0) is 18.1. The molecule has 2 unspecified atom stereocenters. The molecule has 4 saturated carbocycles. The van der Waals surface area contributed by atoms with Crippen LogP contribution in [0.5, 0.6) is 0 Å². The molecule has 4 heteroatoms. The number of halogens is 1. The van der Waals surface area contributed by atoms with Gasteiger partial charge >= 0.3 is 0 Å². The Morgan fingerprint density at radius 2 is 1.56 bits per heavy atom. The summed E-state index contributed by atoms with van der Waals surface area (Å²) in [6.07, 6.45) is 10.8. The number of amides is 1. The van der Waals surface area contributed by atoms with Crippen LogP contribution in [0, 0.1) is 17.3 Å². The van der Waals surface area contributed by atoms with Gasteiger partial charge in [-0.3, -0.25) is 4.79 Å². The van der Waals surface area contributed by atoms with E-state index in [1.54, 1.807) is 0 Å².